The molecule has 170 valence electrons. The van der Waals surface area contributed by atoms with E-state index in [1.165, 1.54) is 26.6 Å². The van der Waals surface area contributed by atoms with Crippen molar-refractivity contribution in [3.05, 3.63) is 95.8 Å². The summed E-state index contributed by atoms with van der Waals surface area (Å²) in [7, 11) is 3.01. The molecule has 0 fully saturated rings. The van der Waals surface area contributed by atoms with Crippen molar-refractivity contribution in [2.75, 3.05) is 14.2 Å². The Bertz CT molecular complexity index is 1370. The summed E-state index contributed by atoms with van der Waals surface area (Å²) < 4.78 is 16.2. The van der Waals surface area contributed by atoms with Crippen LogP contribution in [0.15, 0.2) is 84.2 Å². The fourth-order valence-corrected chi connectivity index (χ4v) is 3.34. The lowest BCUT2D eigenvalue weighted by Gasteiger charge is -2.12. The minimum atomic E-state index is -0.578. The number of hydrogen-bond donors (Lipinski definition) is 1. The van der Waals surface area contributed by atoms with E-state index in [9.17, 15) is 9.59 Å². The molecule has 1 aromatic heterocycles. The molecule has 1 heterocycles. The van der Waals surface area contributed by atoms with Crippen molar-refractivity contribution in [2.24, 2.45) is 5.10 Å². The molecule has 0 saturated heterocycles. The molecule has 0 aliphatic heterocycles. The van der Waals surface area contributed by atoms with Crippen molar-refractivity contribution >= 4 is 28.9 Å². The molecule has 0 aliphatic carbocycles. The fraction of sp³-hybridized carbons (Fsp3) is 0.0769. The van der Waals surface area contributed by atoms with Gasteiger partial charge in [-0.2, -0.15) is 5.10 Å². The Hall–Kier alpha value is -4.72. The van der Waals surface area contributed by atoms with Crippen molar-refractivity contribution in [1.82, 2.24) is 10.4 Å². The number of nitrogens with zero attached hydrogens (tertiary/aromatic N) is 2. The number of aromatic nitrogens is 1. The van der Waals surface area contributed by atoms with Crippen LogP contribution in [-0.2, 0) is 0 Å². The van der Waals surface area contributed by atoms with Gasteiger partial charge in [0.1, 0.15) is 5.75 Å². The lowest BCUT2D eigenvalue weighted by atomic mass is 10.0. The van der Waals surface area contributed by atoms with Gasteiger partial charge >= 0.3 is 5.97 Å². The molecule has 3 aromatic carbocycles. The molecule has 0 aliphatic rings. The summed E-state index contributed by atoms with van der Waals surface area (Å²) in [4.78, 5) is 29.1. The predicted octanol–water partition coefficient (Wildman–Crippen LogP) is 4.24. The van der Waals surface area contributed by atoms with E-state index in [2.05, 4.69) is 15.5 Å². The maximum atomic E-state index is 12.9. The number of pyridine rings is 1. The summed E-state index contributed by atoms with van der Waals surface area (Å²) in [6.45, 7) is 0. The number of carbonyl (C=O) groups is 2. The van der Waals surface area contributed by atoms with Crippen molar-refractivity contribution in [1.29, 1.82) is 0 Å². The lowest BCUT2D eigenvalue weighted by molar-refractivity contribution is 0.0734. The zero-order valence-corrected chi connectivity index (χ0v) is 18.5. The molecule has 1 amide bonds. The lowest BCUT2D eigenvalue weighted by Crippen LogP contribution is -2.18. The van der Waals surface area contributed by atoms with E-state index in [1.54, 1.807) is 42.6 Å². The van der Waals surface area contributed by atoms with Crippen LogP contribution < -0.4 is 19.6 Å². The van der Waals surface area contributed by atoms with Crippen molar-refractivity contribution in [3.63, 3.8) is 0 Å². The second-order valence-corrected chi connectivity index (χ2v) is 7.10. The molecule has 1 N–H and O–H groups in total. The highest BCUT2D eigenvalue weighted by atomic mass is 16.5. The van der Waals surface area contributed by atoms with Gasteiger partial charge in [0.25, 0.3) is 5.91 Å². The summed E-state index contributed by atoms with van der Waals surface area (Å²) >= 11 is 0. The molecule has 0 unspecified atom stereocenters. The van der Waals surface area contributed by atoms with Gasteiger partial charge in [-0.25, -0.2) is 10.2 Å². The first-order valence-electron chi connectivity index (χ1n) is 10.3. The van der Waals surface area contributed by atoms with E-state index < -0.39 is 11.9 Å². The number of fused-ring (bicyclic) bond motifs is 1. The smallest absolute Gasteiger partial charge is 0.343 e. The molecule has 4 rings (SSSR count). The molecular formula is C26H21N3O5. The normalized spacial score (nSPS) is 10.8. The van der Waals surface area contributed by atoms with E-state index in [0.717, 1.165) is 10.8 Å². The Morgan fingerprint density at radius 2 is 1.68 bits per heavy atom. The second kappa shape index (κ2) is 10.3. The maximum absolute atomic E-state index is 12.9. The fourth-order valence-electron chi connectivity index (χ4n) is 3.34. The molecule has 8 nitrogen and oxygen atoms in total. The molecule has 0 radical (unpaired) electrons. The highest BCUT2D eigenvalue weighted by Crippen LogP contribution is 2.30. The van der Waals surface area contributed by atoms with Crippen LogP contribution in [0.1, 0.15) is 26.3 Å². The Morgan fingerprint density at radius 3 is 2.44 bits per heavy atom. The van der Waals surface area contributed by atoms with Crippen LogP contribution in [0.3, 0.4) is 0 Å². The molecule has 0 spiro atoms. The number of nitrogens with one attached hydrogen (secondary N) is 1. The molecule has 0 saturated carbocycles. The highest BCUT2D eigenvalue weighted by molar-refractivity contribution is 6.04. The first-order valence-corrected chi connectivity index (χ1v) is 10.3. The van der Waals surface area contributed by atoms with Crippen molar-refractivity contribution in [2.45, 2.75) is 0 Å². The first kappa shape index (κ1) is 22.5. The Balaban J connectivity index is 1.63. The molecule has 0 bridgehead atoms. The molecular weight excluding hydrogens is 434 g/mol. The minimum absolute atomic E-state index is 0.290. The summed E-state index contributed by atoms with van der Waals surface area (Å²) in [6, 6.07) is 19.2. The average molecular weight is 455 g/mol. The van der Waals surface area contributed by atoms with Crippen LogP contribution in [-0.4, -0.2) is 37.3 Å². The number of hydrazone groups is 1. The highest BCUT2D eigenvalue weighted by Gasteiger charge is 2.16. The average Bonchev–Trinajstić information content (AvgIpc) is 2.89. The molecule has 0 atom stereocenters. The van der Waals surface area contributed by atoms with Crippen molar-refractivity contribution in [3.8, 4) is 17.2 Å². The number of ether oxygens (including phenoxy) is 3. The van der Waals surface area contributed by atoms with Gasteiger partial charge in [0.2, 0.25) is 0 Å². The van der Waals surface area contributed by atoms with Gasteiger partial charge < -0.3 is 14.2 Å². The zero-order chi connectivity index (χ0) is 23.9. The summed E-state index contributed by atoms with van der Waals surface area (Å²) in [5.74, 6) is 0.217. The van der Waals surface area contributed by atoms with Gasteiger partial charge in [-0.05, 0) is 47.2 Å². The quantitative estimate of drug-likeness (QED) is 0.194. The van der Waals surface area contributed by atoms with Gasteiger partial charge in [-0.1, -0.05) is 30.3 Å². The molecule has 34 heavy (non-hydrogen) atoms. The van der Waals surface area contributed by atoms with E-state index in [4.69, 9.17) is 14.2 Å². The van der Waals surface area contributed by atoms with E-state index in [0.29, 0.717) is 28.2 Å². The Morgan fingerprint density at radius 1 is 0.882 bits per heavy atom. The number of methoxy groups -OCH3 is 2. The molecule has 4 aromatic rings. The van der Waals surface area contributed by atoms with Gasteiger partial charge in [-0.3, -0.25) is 9.78 Å². The van der Waals surface area contributed by atoms with Crippen LogP contribution in [0, 0.1) is 0 Å². The predicted molar refractivity (Wildman–Crippen MR) is 128 cm³/mol. The number of carbonyl (C=O) groups excluding carboxylic acids is 2. The minimum Gasteiger partial charge on any atom is -0.493 e. The summed E-state index contributed by atoms with van der Waals surface area (Å²) in [6.07, 6.45) is 4.47. The number of amides is 1. The standard InChI is InChI=1S/C26H21N3O5/c1-32-23-12-10-18(14-24(23)33-2)26(31)34-22-11-9-17-6-3-4-8-20(17)21(22)16-28-29-25(30)19-7-5-13-27-15-19/h3-16H,1-2H3,(H,29,30). The van der Waals surface area contributed by atoms with Gasteiger partial charge in [0.15, 0.2) is 11.5 Å². The SMILES string of the molecule is COc1ccc(C(=O)Oc2ccc3ccccc3c2C=NNC(=O)c2cccnc2)cc1OC. The van der Waals surface area contributed by atoms with E-state index in [-0.39, 0.29) is 5.75 Å². The van der Waals surface area contributed by atoms with Gasteiger partial charge in [-0.15, -0.1) is 0 Å². The topological polar surface area (TPSA) is 99.1 Å². The summed E-state index contributed by atoms with van der Waals surface area (Å²) in [5, 5.41) is 5.81. The maximum Gasteiger partial charge on any atom is 0.343 e. The largest absolute Gasteiger partial charge is 0.493 e. The number of hydrogen-bond acceptors (Lipinski definition) is 7. The van der Waals surface area contributed by atoms with Gasteiger partial charge in [0, 0.05) is 18.0 Å². The number of benzene rings is 3. The van der Waals surface area contributed by atoms with Crippen LogP contribution in [0.25, 0.3) is 10.8 Å². The van der Waals surface area contributed by atoms with Crippen LogP contribution >= 0.6 is 0 Å². The van der Waals surface area contributed by atoms with Crippen LogP contribution in [0.4, 0.5) is 0 Å². The van der Waals surface area contributed by atoms with Crippen LogP contribution in [0.2, 0.25) is 0 Å². The number of esters is 1. The molecule has 8 heteroatoms. The second-order valence-electron chi connectivity index (χ2n) is 7.10. The van der Waals surface area contributed by atoms with E-state index in [1.807, 2.05) is 30.3 Å². The van der Waals surface area contributed by atoms with Crippen LogP contribution in [0.5, 0.6) is 17.2 Å². The Kier molecular flexibility index (Phi) is 6.78. The Labute approximate surface area is 195 Å². The summed E-state index contributed by atoms with van der Waals surface area (Å²) in [5.41, 5.74) is 3.68. The third-order valence-corrected chi connectivity index (χ3v) is 5.04. The first-order chi connectivity index (χ1) is 16.6. The van der Waals surface area contributed by atoms with E-state index >= 15 is 0 Å². The van der Waals surface area contributed by atoms with Crippen molar-refractivity contribution < 1.29 is 23.8 Å². The number of rotatable bonds is 7. The third-order valence-electron chi connectivity index (χ3n) is 5.04. The monoisotopic (exact) mass is 455 g/mol. The third kappa shape index (κ3) is 4.86. The zero-order valence-electron chi connectivity index (χ0n) is 18.5. The van der Waals surface area contributed by atoms with Gasteiger partial charge in [0.05, 0.1) is 31.6 Å².